The first kappa shape index (κ1) is 23.6. The van der Waals surface area contributed by atoms with Gasteiger partial charge in [0.25, 0.3) is 0 Å². The Morgan fingerprint density at radius 1 is 1.14 bits per heavy atom. The van der Waals surface area contributed by atoms with Crippen molar-refractivity contribution in [2.75, 3.05) is 31.1 Å². The summed E-state index contributed by atoms with van der Waals surface area (Å²) < 4.78 is 1.77. The molecular weight excluding hydrogens is 466 g/mol. The van der Waals surface area contributed by atoms with E-state index in [-0.39, 0.29) is 12.1 Å². The topological polar surface area (TPSA) is 107 Å². The maximum atomic E-state index is 13.6. The summed E-state index contributed by atoms with van der Waals surface area (Å²) in [5.41, 5.74) is 3.60. The predicted molar refractivity (Wildman–Crippen MR) is 142 cm³/mol. The number of aromatic amines is 1. The van der Waals surface area contributed by atoms with Gasteiger partial charge in [-0.05, 0) is 55.8 Å². The number of benzene rings is 1. The van der Waals surface area contributed by atoms with Crippen LogP contribution in [0.5, 0.6) is 0 Å². The van der Waals surface area contributed by atoms with Gasteiger partial charge in [-0.1, -0.05) is 38.1 Å². The van der Waals surface area contributed by atoms with E-state index in [2.05, 4.69) is 39.4 Å². The number of rotatable bonds is 7. The third-order valence-corrected chi connectivity index (χ3v) is 7.68. The summed E-state index contributed by atoms with van der Waals surface area (Å²) in [5, 5.41) is 14.8. The molecule has 10 heteroatoms. The molecule has 6 rings (SSSR count). The molecule has 0 aliphatic carbocycles. The summed E-state index contributed by atoms with van der Waals surface area (Å²) >= 11 is 0. The van der Waals surface area contributed by atoms with E-state index in [1.807, 2.05) is 52.5 Å². The molecule has 4 aromatic rings. The zero-order valence-electron chi connectivity index (χ0n) is 21.3. The van der Waals surface area contributed by atoms with Crippen LogP contribution in [0.1, 0.15) is 33.1 Å². The fraction of sp³-hybridized carbons (Fsp3) is 0.444. The van der Waals surface area contributed by atoms with Gasteiger partial charge < -0.3 is 10.2 Å². The molecule has 2 fully saturated rings. The number of fused-ring (bicyclic) bond motifs is 1. The lowest BCUT2D eigenvalue weighted by Crippen LogP contribution is -2.38. The van der Waals surface area contributed by atoms with Crippen molar-refractivity contribution in [1.29, 1.82) is 0 Å². The van der Waals surface area contributed by atoms with Gasteiger partial charge in [-0.2, -0.15) is 10.2 Å². The highest BCUT2D eigenvalue weighted by atomic mass is 16.2. The Morgan fingerprint density at radius 3 is 2.70 bits per heavy atom. The van der Waals surface area contributed by atoms with Crippen molar-refractivity contribution in [3.63, 3.8) is 0 Å². The first-order chi connectivity index (χ1) is 18.1. The van der Waals surface area contributed by atoms with Gasteiger partial charge in [0.05, 0.1) is 12.2 Å². The lowest BCUT2D eigenvalue weighted by Gasteiger charge is -2.25. The number of H-pyrrole nitrogens is 1. The predicted octanol–water partition coefficient (Wildman–Crippen LogP) is 3.84. The third-order valence-electron chi connectivity index (χ3n) is 7.68. The molecule has 192 valence electrons. The minimum atomic E-state index is 0.0526. The Balaban J connectivity index is 1.27. The van der Waals surface area contributed by atoms with Crippen LogP contribution in [0.15, 0.2) is 49.1 Å². The first-order valence-corrected chi connectivity index (χ1v) is 13.2. The van der Waals surface area contributed by atoms with E-state index in [9.17, 15) is 4.79 Å². The summed E-state index contributed by atoms with van der Waals surface area (Å²) in [6.45, 7) is 8.05. The normalized spacial score (nSPS) is 20.5. The van der Waals surface area contributed by atoms with Crippen molar-refractivity contribution in [2.24, 2.45) is 11.8 Å². The SMILES string of the molecule is CC(C)[C@H]1CN(CCC2CCCNC2)C(=O)N1c1ccn2ncc(-c3ccc(-c4ncn[nH]4)cc3)c2n1. The molecule has 1 unspecified atom stereocenters. The number of anilines is 1. The quantitative estimate of drug-likeness (QED) is 0.400. The second-order valence-corrected chi connectivity index (χ2v) is 10.4. The lowest BCUT2D eigenvalue weighted by molar-refractivity contribution is 0.213. The average Bonchev–Trinajstić information content (AvgIpc) is 3.67. The largest absolute Gasteiger partial charge is 0.326 e. The van der Waals surface area contributed by atoms with Gasteiger partial charge in [-0.25, -0.2) is 19.3 Å². The Bertz CT molecular complexity index is 1360. The van der Waals surface area contributed by atoms with E-state index >= 15 is 0 Å². The molecule has 37 heavy (non-hydrogen) atoms. The van der Waals surface area contributed by atoms with Crippen LogP contribution >= 0.6 is 0 Å². The minimum absolute atomic E-state index is 0.0526. The van der Waals surface area contributed by atoms with Crippen LogP contribution in [0.4, 0.5) is 10.6 Å². The molecule has 10 nitrogen and oxygen atoms in total. The smallest absolute Gasteiger partial charge is 0.322 e. The van der Waals surface area contributed by atoms with Gasteiger partial charge in [-0.3, -0.25) is 10.00 Å². The van der Waals surface area contributed by atoms with Crippen LogP contribution in [-0.2, 0) is 0 Å². The second-order valence-electron chi connectivity index (χ2n) is 10.4. The minimum Gasteiger partial charge on any atom is -0.322 e. The number of nitrogens with one attached hydrogen (secondary N) is 2. The fourth-order valence-electron chi connectivity index (χ4n) is 5.50. The zero-order valence-corrected chi connectivity index (χ0v) is 21.3. The highest BCUT2D eigenvalue weighted by Crippen LogP contribution is 2.31. The second kappa shape index (κ2) is 9.93. The van der Waals surface area contributed by atoms with Crippen LogP contribution in [0, 0.1) is 11.8 Å². The van der Waals surface area contributed by atoms with Gasteiger partial charge in [0.1, 0.15) is 12.1 Å². The summed E-state index contributed by atoms with van der Waals surface area (Å²) in [6, 6.07) is 10.1. The van der Waals surface area contributed by atoms with E-state index < -0.39 is 0 Å². The van der Waals surface area contributed by atoms with E-state index in [4.69, 9.17) is 4.98 Å². The molecule has 0 bridgehead atoms. The molecule has 2 amide bonds. The molecule has 2 saturated heterocycles. The van der Waals surface area contributed by atoms with Crippen LogP contribution in [0.2, 0.25) is 0 Å². The number of amides is 2. The summed E-state index contributed by atoms with van der Waals surface area (Å²) in [5.74, 6) is 2.37. The molecule has 2 N–H and O–H groups in total. The van der Waals surface area contributed by atoms with E-state index in [0.717, 1.165) is 60.8 Å². The lowest BCUT2D eigenvalue weighted by atomic mass is 9.96. The van der Waals surface area contributed by atoms with Crippen LogP contribution in [-0.4, -0.2) is 72.9 Å². The maximum Gasteiger partial charge on any atom is 0.326 e. The highest BCUT2D eigenvalue weighted by molar-refractivity contribution is 5.94. The molecule has 2 atom stereocenters. The van der Waals surface area contributed by atoms with Crippen molar-refractivity contribution < 1.29 is 4.79 Å². The highest BCUT2D eigenvalue weighted by Gasteiger charge is 2.40. The maximum absolute atomic E-state index is 13.6. The molecule has 0 saturated carbocycles. The monoisotopic (exact) mass is 499 g/mol. The van der Waals surface area contributed by atoms with Gasteiger partial charge >= 0.3 is 6.03 Å². The number of piperidine rings is 1. The van der Waals surface area contributed by atoms with Crippen LogP contribution in [0.3, 0.4) is 0 Å². The van der Waals surface area contributed by atoms with Gasteiger partial charge in [0, 0.05) is 30.4 Å². The molecule has 0 radical (unpaired) electrons. The molecule has 0 spiro atoms. The Hall–Kier alpha value is -3.79. The standard InChI is InChI=1S/C27H33N9O/c1-18(2)23-16-34(12-9-19-4-3-11-28-14-19)27(37)36(23)24-10-13-35-26(32-24)22(15-31-35)20-5-7-21(8-6-20)25-29-17-30-33-25/h5-8,10,13,15,17-19,23,28H,3-4,9,11-12,14,16H2,1-2H3,(H,29,30,33)/t19?,23-/m1/s1. The van der Waals surface area contributed by atoms with Crippen molar-refractivity contribution in [2.45, 2.75) is 39.2 Å². The van der Waals surface area contributed by atoms with Crippen LogP contribution < -0.4 is 10.2 Å². The summed E-state index contributed by atoms with van der Waals surface area (Å²) in [6.07, 6.45) is 8.73. The summed E-state index contributed by atoms with van der Waals surface area (Å²) in [7, 11) is 0. The van der Waals surface area contributed by atoms with Crippen molar-refractivity contribution in [3.8, 4) is 22.5 Å². The van der Waals surface area contributed by atoms with Crippen LogP contribution in [0.25, 0.3) is 28.2 Å². The number of hydrogen-bond acceptors (Lipinski definition) is 6. The molecular formula is C27H33N9O. The molecule has 2 aliphatic rings. The van der Waals surface area contributed by atoms with Gasteiger partial charge in [0.2, 0.25) is 0 Å². The van der Waals surface area contributed by atoms with Crippen molar-refractivity contribution in [3.05, 3.63) is 49.1 Å². The number of aromatic nitrogens is 6. The number of carbonyl (C=O) groups excluding carboxylic acids is 1. The van der Waals surface area contributed by atoms with E-state index in [0.29, 0.717) is 17.7 Å². The molecule has 2 aliphatic heterocycles. The Morgan fingerprint density at radius 2 is 1.97 bits per heavy atom. The fourth-order valence-corrected chi connectivity index (χ4v) is 5.50. The van der Waals surface area contributed by atoms with E-state index in [1.165, 1.54) is 19.2 Å². The van der Waals surface area contributed by atoms with Gasteiger partial charge in [0.15, 0.2) is 11.5 Å². The van der Waals surface area contributed by atoms with Crippen molar-refractivity contribution in [1.82, 2.24) is 40.0 Å². The first-order valence-electron chi connectivity index (χ1n) is 13.2. The third kappa shape index (κ3) is 4.57. The van der Waals surface area contributed by atoms with Gasteiger partial charge in [-0.15, -0.1) is 0 Å². The van der Waals surface area contributed by atoms with E-state index in [1.54, 1.807) is 4.52 Å². The molecule has 3 aromatic heterocycles. The number of carbonyl (C=O) groups is 1. The Kier molecular flexibility index (Phi) is 6.33. The molecule has 1 aromatic carbocycles. The molecule has 5 heterocycles. The Labute approximate surface area is 216 Å². The van der Waals surface area contributed by atoms with Crippen molar-refractivity contribution >= 4 is 17.5 Å². The number of urea groups is 1. The number of nitrogens with zero attached hydrogens (tertiary/aromatic N) is 7. The number of hydrogen-bond donors (Lipinski definition) is 2. The zero-order chi connectivity index (χ0) is 25.4. The average molecular weight is 500 g/mol. The summed E-state index contributed by atoms with van der Waals surface area (Å²) in [4.78, 5) is 26.7.